The Morgan fingerprint density at radius 3 is 2.52 bits per heavy atom. The first kappa shape index (κ1) is 12.1. The van der Waals surface area contributed by atoms with Crippen molar-refractivity contribution in [3.05, 3.63) is 59.9 Å². The second-order valence-corrected chi connectivity index (χ2v) is 4.94. The molecule has 6 heteroatoms. The van der Waals surface area contributed by atoms with Crippen LogP contribution in [0.5, 0.6) is 11.6 Å². The van der Waals surface area contributed by atoms with E-state index in [9.17, 15) is 0 Å². The Labute approximate surface area is 124 Å². The fourth-order valence-electron chi connectivity index (χ4n) is 2.19. The molecule has 4 rings (SSSR count). The zero-order chi connectivity index (χ0) is 14.2. The van der Waals surface area contributed by atoms with Crippen LogP contribution in [0, 0.1) is 0 Å². The monoisotopic (exact) mass is 296 g/mol. The normalized spacial score (nSPS) is 11.1. The number of ether oxygens (including phenoxy) is 1. The van der Waals surface area contributed by atoms with Crippen molar-refractivity contribution in [2.24, 2.45) is 0 Å². The molecule has 21 heavy (non-hydrogen) atoms. The van der Waals surface area contributed by atoms with Crippen LogP contribution in [0.2, 0.25) is 5.02 Å². The number of hydrogen-bond acceptors (Lipinski definition) is 4. The lowest BCUT2D eigenvalue weighted by atomic mass is 10.2. The van der Waals surface area contributed by atoms with Gasteiger partial charge in [0.25, 0.3) is 0 Å². The van der Waals surface area contributed by atoms with E-state index in [1.807, 2.05) is 24.3 Å². The summed E-state index contributed by atoms with van der Waals surface area (Å²) in [5, 5.41) is 14.9. The number of rotatable bonds is 2. The van der Waals surface area contributed by atoms with Crippen LogP contribution < -0.4 is 4.74 Å². The SMILES string of the molecule is Clc1ccc(Oc2nn3cnnc3c3ccccc23)cc1. The summed E-state index contributed by atoms with van der Waals surface area (Å²) in [5.74, 6) is 1.17. The predicted octanol–water partition coefficient (Wildman–Crippen LogP) is 3.72. The first-order valence-electron chi connectivity index (χ1n) is 6.33. The Bertz CT molecular complexity index is 933. The van der Waals surface area contributed by atoms with E-state index in [0.29, 0.717) is 22.3 Å². The van der Waals surface area contributed by atoms with E-state index in [4.69, 9.17) is 16.3 Å². The molecule has 2 heterocycles. The average molecular weight is 297 g/mol. The highest BCUT2D eigenvalue weighted by atomic mass is 35.5. The van der Waals surface area contributed by atoms with Crippen molar-refractivity contribution in [1.82, 2.24) is 19.8 Å². The summed E-state index contributed by atoms with van der Waals surface area (Å²) in [6.45, 7) is 0. The molecule has 5 nitrogen and oxygen atoms in total. The van der Waals surface area contributed by atoms with Gasteiger partial charge in [-0.2, -0.15) is 4.52 Å². The summed E-state index contributed by atoms with van der Waals surface area (Å²) in [6.07, 6.45) is 1.55. The molecule has 0 aliphatic heterocycles. The van der Waals surface area contributed by atoms with Crippen molar-refractivity contribution < 1.29 is 4.74 Å². The van der Waals surface area contributed by atoms with Crippen molar-refractivity contribution in [1.29, 1.82) is 0 Å². The van der Waals surface area contributed by atoms with E-state index in [0.717, 1.165) is 10.8 Å². The van der Waals surface area contributed by atoms with Gasteiger partial charge in [-0.1, -0.05) is 29.8 Å². The summed E-state index contributed by atoms with van der Waals surface area (Å²) < 4.78 is 7.48. The molecule has 2 aromatic heterocycles. The average Bonchev–Trinajstić information content (AvgIpc) is 2.98. The Kier molecular flexibility index (Phi) is 2.72. The van der Waals surface area contributed by atoms with Gasteiger partial charge in [-0.25, -0.2) is 0 Å². The molecule has 0 radical (unpaired) electrons. The molecular weight excluding hydrogens is 288 g/mol. The fraction of sp³-hybridized carbons (Fsp3) is 0. The van der Waals surface area contributed by atoms with Crippen molar-refractivity contribution in [3.63, 3.8) is 0 Å². The Morgan fingerprint density at radius 2 is 1.71 bits per heavy atom. The van der Waals surface area contributed by atoms with Crippen molar-refractivity contribution in [3.8, 4) is 11.6 Å². The van der Waals surface area contributed by atoms with Gasteiger partial charge in [-0.3, -0.25) is 0 Å². The minimum Gasteiger partial charge on any atom is -0.437 e. The summed E-state index contributed by atoms with van der Waals surface area (Å²) in [7, 11) is 0. The van der Waals surface area contributed by atoms with Gasteiger partial charge < -0.3 is 4.74 Å². The number of nitrogens with zero attached hydrogens (tertiary/aromatic N) is 4. The van der Waals surface area contributed by atoms with Gasteiger partial charge in [0.15, 0.2) is 5.65 Å². The molecule has 0 atom stereocenters. The highest BCUT2D eigenvalue weighted by Gasteiger charge is 2.11. The smallest absolute Gasteiger partial charge is 0.245 e. The van der Waals surface area contributed by atoms with Crippen LogP contribution >= 0.6 is 11.6 Å². The Hall–Kier alpha value is -2.66. The van der Waals surface area contributed by atoms with Crippen molar-refractivity contribution >= 4 is 28.0 Å². The maximum absolute atomic E-state index is 5.88. The quantitative estimate of drug-likeness (QED) is 0.565. The predicted molar refractivity (Wildman–Crippen MR) is 79.8 cm³/mol. The van der Waals surface area contributed by atoms with E-state index in [1.54, 1.807) is 35.1 Å². The minimum absolute atomic E-state index is 0.500. The summed E-state index contributed by atoms with van der Waals surface area (Å²) in [6, 6.07) is 14.9. The van der Waals surface area contributed by atoms with Crippen LogP contribution in [0.3, 0.4) is 0 Å². The van der Waals surface area contributed by atoms with Crippen LogP contribution in [-0.4, -0.2) is 19.8 Å². The van der Waals surface area contributed by atoms with Crippen molar-refractivity contribution in [2.75, 3.05) is 0 Å². The maximum Gasteiger partial charge on any atom is 0.245 e. The third-order valence-corrected chi connectivity index (χ3v) is 3.41. The molecule has 0 fully saturated rings. The number of halogens is 1. The molecule has 102 valence electrons. The molecule has 0 amide bonds. The Morgan fingerprint density at radius 1 is 0.952 bits per heavy atom. The lowest BCUT2D eigenvalue weighted by Gasteiger charge is -2.08. The van der Waals surface area contributed by atoms with Gasteiger partial charge in [0.2, 0.25) is 5.88 Å². The highest BCUT2D eigenvalue weighted by molar-refractivity contribution is 6.30. The molecule has 0 aliphatic carbocycles. The van der Waals surface area contributed by atoms with Crippen LogP contribution in [0.25, 0.3) is 16.4 Å². The van der Waals surface area contributed by atoms with Crippen LogP contribution in [0.4, 0.5) is 0 Å². The van der Waals surface area contributed by atoms with Gasteiger partial charge in [-0.05, 0) is 30.3 Å². The molecule has 0 bridgehead atoms. The highest BCUT2D eigenvalue weighted by Crippen LogP contribution is 2.29. The lowest BCUT2D eigenvalue weighted by molar-refractivity contribution is 0.459. The minimum atomic E-state index is 0.500. The van der Waals surface area contributed by atoms with E-state index in [1.165, 1.54) is 0 Å². The molecule has 2 aromatic carbocycles. The molecular formula is C15H9ClN4O. The summed E-state index contributed by atoms with van der Waals surface area (Å²) in [5.41, 5.74) is 0.703. The molecule has 0 saturated heterocycles. The molecule has 0 N–H and O–H groups in total. The molecule has 0 saturated carbocycles. The standard InChI is InChI=1S/C15H9ClN4O/c16-10-5-7-11(8-6-10)21-15-13-4-2-1-3-12(13)14-18-17-9-20(14)19-15/h1-9H. The molecule has 0 unspecified atom stereocenters. The zero-order valence-electron chi connectivity index (χ0n) is 10.8. The maximum atomic E-state index is 5.88. The first-order chi connectivity index (χ1) is 10.3. The van der Waals surface area contributed by atoms with E-state index < -0.39 is 0 Å². The van der Waals surface area contributed by atoms with E-state index >= 15 is 0 Å². The van der Waals surface area contributed by atoms with Crippen LogP contribution in [-0.2, 0) is 0 Å². The Balaban J connectivity index is 1.91. The van der Waals surface area contributed by atoms with Crippen LogP contribution in [0.15, 0.2) is 54.9 Å². The number of aromatic nitrogens is 4. The van der Waals surface area contributed by atoms with Gasteiger partial charge in [0, 0.05) is 15.8 Å². The lowest BCUT2D eigenvalue weighted by Crippen LogP contribution is -1.97. The van der Waals surface area contributed by atoms with Crippen LogP contribution in [0.1, 0.15) is 0 Å². The van der Waals surface area contributed by atoms with Gasteiger partial charge >= 0.3 is 0 Å². The van der Waals surface area contributed by atoms with E-state index in [2.05, 4.69) is 15.3 Å². The molecule has 4 aromatic rings. The number of fused-ring (bicyclic) bond motifs is 3. The third kappa shape index (κ3) is 2.08. The fourth-order valence-corrected chi connectivity index (χ4v) is 2.31. The topological polar surface area (TPSA) is 52.3 Å². The van der Waals surface area contributed by atoms with E-state index in [-0.39, 0.29) is 0 Å². The third-order valence-electron chi connectivity index (χ3n) is 3.16. The molecule has 0 spiro atoms. The summed E-state index contributed by atoms with van der Waals surface area (Å²) in [4.78, 5) is 0. The van der Waals surface area contributed by atoms with Crippen molar-refractivity contribution in [2.45, 2.75) is 0 Å². The second-order valence-electron chi connectivity index (χ2n) is 4.51. The molecule has 0 aliphatic rings. The number of benzene rings is 2. The first-order valence-corrected chi connectivity index (χ1v) is 6.71. The second kappa shape index (κ2) is 4.71. The van der Waals surface area contributed by atoms with Gasteiger partial charge in [0.05, 0.1) is 0 Å². The van der Waals surface area contributed by atoms with Gasteiger partial charge in [0.1, 0.15) is 12.1 Å². The largest absolute Gasteiger partial charge is 0.437 e. The van der Waals surface area contributed by atoms with Gasteiger partial charge in [-0.15, -0.1) is 15.3 Å². The number of hydrogen-bond donors (Lipinski definition) is 0. The zero-order valence-corrected chi connectivity index (χ0v) is 11.5. The summed E-state index contributed by atoms with van der Waals surface area (Å²) >= 11 is 5.88.